The maximum atomic E-state index is 12.6. The monoisotopic (exact) mass is 904 g/mol. The Kier molecular flexibility index (Phi) is 36.4. The van der Waals surface area contributed by atoms with E-state index in [4.69, 9.17) is 37.0 Å². The summed E-state index contributed by atoms with van der Waals surface area (Å²) in [5.41, 5.74) is 0. The summed E-state index contributed by atoms with van der Waals surface area (Å²) in [6.45, 7) is 4.11. The molecule has 0 amide bonds. The van der Waals surface area contributed by atoms with Gasteiger partial charge in [-0.05, 0) is 25.7 Å². The molecule has 0 bridgehead atoms. The topological polar surface area (TPSA) is 237 Å². The SMILES string of the molecule is CCCCCCCCCCCC(=O)O[C@H](COC(=O)CCC)COP(=O)(O)OC[C@H](O)COP(=O)(O)OC[C@@H](COC(=O)CCCCCC)OC(=O)CCCCCCCC. The lowest BCUT2D eigenvalue weighted by Crippen LogP contribution is -2.30. The Morgan fingerprint density at radius 1 is 0.400 bits per heavy atom. The third-order valence-electron chi connectivity index (χ3n) is 9.07. The van der Waals surface area contributed by atoms with E-state index in [0.29, 0.717) is 25.7 Å². The number of hydrogen-bond donors (Lipinski definition) is 3. The summed E-state index contributed by atoms with van der Waals surface area (Å²) in [7, 11) is -9.79. The second kappa shape index (κ2) is 37.6. The summed E-state index contributed by atoms with van der Waals surface area (Å²) >= 11 is 0. The first kappa shape index (κ1) is 58.1. The minimum absolute atomic E-state index is 0.100. The number of aliphatic hydroxyl groups is 1. The number of phosphoric ester groups is 2. The first-order chi connectivity index (χ1) is 28.7. The molecule has 0 aliphatic heterocycles. The maximum Gasteiger partial charge on any atom is 0.472 e. The molecule has 0 radical (unpaired) electrons. The molecule has 0 aromatic heterocycles. The molecule has 0 aliphatic carbocycles. The van der Waals surface area contributed by atoms with Gasteiger partial charge in [0.2, 0.25) is 0 Å². The van der Waals surface area contributed by atoms with Crippen molar-refractivity contribution in [2.24, 2.45) is 0 Å². The molecule has 0 saturated carbocycles. The van der Waals surface area contributed by atoms with Crippen molar-refractivity contribution in [2.75, 3.05) is 39.6 Å². The average molecular weight is 905 g/mol. The number of unbranched alkanes of at least 4 members (excludes halogenated alkanes) is 16. The van der Waals surface area contributed by atoms with Gasteiger partial charge in [0.1, 0.15) is 19.3 Å². The highest BCUT2D eigenvalue weighted by Crippen LogP contribution is 2.45. The molecular weight excluding hydrogens is 826 g/mol. The molecule has 0 aromatic carbocycles. The van der Waals surface area contributed by atoms with Crippen molar-refractivity contribution < 1.29 is 80.2 Å². The minimum atomic E-state index is -4.90. The summed E-state index contributed by atoms with van der Waals surface area (Å²) in [4.78, 5) is 69.6. The van der Waals surface area contributed by atoms with Gasteiger partial charge in [-0.2, -0.15) is 0 Å². The van der Waals surface area contributed by atoms with Gasteiger partial charge in [-0.3, -0.25) is 37.3 Å². The van der Waals surface area contributed by atoms with Crippen molar-refractivity contribution in [1.29, 1.82) is 0 Å². The predicted octanol–water partition coefficient (Wildman–Crippen LogP) is 8.97. The zero-order chi connectivity index (χ0) is 44.9. The van der Waals surface area contributed by atoms with Crippen LogP contribution < -0.4 is 0 Å². The fourth-order valence-electron chi connectivity index (χ4n) is 5.61. The molecule has 354 valence electrons. The lowest BCUT2D eigenvalue weighted by molar-refractivity contribution is -0.161. The third-order valence-corrected chi connectivity index (χ3v) is 11.0. The molecule has 17 nitrogen and oxygen atoms in total. The van der Waals surface area contributed by atoms with Crippen LogP contribution in [0, 0.1) is 0 Å². The number of phosphoric acid groups is 2. The Morgan fingerprint density at radius 2 is 0.700 bits per heavy atom. The summed E-state index contributed by atoms with van der Waals surface area (Å²) in [6, 6.07) is 0. The lowest BCUT2D eigenvalue weighted by Gasteiger charge is -2.21. The Hall–Kier alpha value is -1.94. The van der Waals surface area contributed by atoms with Crippen LogP contribution in [-0.2, 0) is 65.4 Å². The summed E-state index contributed by atoms with van der Waals surface area (Å²) in [6.07, 6.45) is 15.4. The van der Waals surface area contributed by atoms with Gasteiger partial charge in [0.15, 0.2) is 12.2 Å². The molecule has 0 rings (SSSR count). The summed E-state index contributed by atoms with van der Waals surface area (Å²) < 4.78 is 65.9. The fourth-order valence-corrected chi connectivity index (χ4v) is 7.19. The Balaban J connectivity index is 5.00. The van der Waals surface area contributed by atoms with E-state index in [1.807, 2.05) is 6.92 Å². The van der Waals surface area contributed by atoms with E-state index >= 15 is 0 Å². The second-order valence-electron chi connectivity index (χ2n) is 15.0. The first-order valence-electron chi connectivity index (χ1n) is 22.3. The Labute approximate surface area is 358 Å². The van der Waals surface area contributed by atoms with Gasteiger partial charge in [0.25, 0.3) is 0 Å². The normalized spacial score (nSPS) is 15.0. The summed E-state index contributed by atoms with van der Waals surface area (Å²) in [5, 5.41) is 10.3. The lowest BCUT2D eigenvalue weighted by atomic mass is 10.1. The number of esters is 4. The molecule has 0 spiro atoms. The van der Waals surface area contributed by atoms with Crippen molar-refractivity contribution in [1.82, 2.24) is 0 Å². The van der Waals surface area contributed by atoms with E-state index in [1.54, 1.807) is 6.92 Å². The molecule has 5 atom stereocenters. The van der Waals surface area contributed by atoms with E-state index in [2.05, 4.69) is 13.8 Å². The number of ether oxygens (including phenoxy) is 4. The predicted molar refractivity (Wildman–Crippen MR) is 225 cm³/mol. The van der Waals surface area contributed by atoms with Gasteiger partial charge < -0.3 is 33.8 Å². The maximum absolute atomic E-state index is 12.6. The van der Waals surface area contributed by atoms with E-state index in [9.17, 15) is 43.2 Å². The second-order valence-corrected chi connectivity index (χ2v) is 17.9. The van der Waals surface area contributed by atoms with Crippen LogP contribution in [0.3, 0.4) is 0 Å². The number of aliphatic hydroxyl groups excluding tert-OH is 1. The summed E-state index contributed by atoms with van der Waals surface area (Å²) in [5.74, 6) is -2.25. The number of carbonyl (C=O) groups excluding carboxylic acids is 4. The van der Waals surface area contributed by atoms with Gasteiger partial charge in [0.05, 0.1) is 26.4 Å². The average Bonchev–Trinajstić information content (AvgIpc) is 3.20. The highest BCUT2D eigenvalue weighted by molar-refractivity contribution is 7.47. The molecule has 3 N–H and O–H groups in total. The van der Waals surface area contributed by atoms with Gasteiger partial charge in [-0.1, -0.05) is 130 Å². The Morgan fingerprint density at radius 3 is 1.07 bits per heavy atom. The molecule has 0 aliphatic rings. The van der Waals surface area contributed by atoms with Gasteiger partial charge in [0, 0.05) is 25.7 Å². The van der Waals surface area contributed by atoms with Crippen LogP contribution in [0.15, 0.2) is 0 Å². The molecule has 60 heavy (non-hydrogen) atoms. The number of rotatable bonds is 42. The van der Waals surface area contributed by atoms with Crippen LogP contribution >= 0.6 is 15.6 Å². The van der Waals surface area contributed by atoms with Crippen LogP contribution in [0.4, 0.5) is 0 Å². The quantitative estimate of drug-likeness (QED) is 0.0224. The van der Waals surface area contributed by atoms with Crippen molar-refractivity contribution in [3.63, 3.8) is 0 Å². The van der Waals surface area contributed by atoms with Crippen molar-refractivity contribution >= 4 is 39.5 Å². The smallest absolute Gasteiger partial charge is 0.462 e. The van der Waals surface area contributed by atoms with Crippen molar-refractivity contribution in [3.8, 4) is 0 Å². The first-order valence-corrected chi connectivity index (χ1v) is 25.3. The zero-order valence-corrected chi connectivity index (χ0v) is 38.7. The molecule has 0 aromatic rings. The van der Waals surface area contributed by atoms with E-state index in [1.165, 1.54) is 25.7 Å². The minimum Gasteiger partial charge on any atom is -0.462 e. The van der Waals surface area contributed by atoms with Crippen LogP contribution in [-0.4, -0.2) is 96.7 Å². The van der Waals surface area contributed by atoms with Gasteiger partial charge in [-0.15, -0.1) is 0 Å². The van der Waals surface area contributed by atoms with Crippen molar-refractivity contribution in [3.05, 3.63) is 0 Å². The molecule has 0 fully saturated rings. The van der Waals surface area contributed by atoms with E-state index < -0.39 is 97.5 Å². The fraction of sp³-hybridized carbons (Fsp3) is 0.902. The van der Waals surface area contributed by atoms with E-state index in [-0.39, 0.29) is 25.7 Å². The zero-order valence-electron chi connectivity index (χ0n) is 36.9. The Bertz CT molecular complexity index is 1220. The van der Waals surface area contributed by atoms with Crippen LogP contribution in [0.1, 0.15) is 182 Å². The van der Waals surface area contributed by atoms with Crippen LogP contribution in [0.2, 0.25) is 0 Å². The molecule has 0 saturated heterocycles. The molecule has 19 heteroatoms. The standard InChI is InChI=1S/C41H78O17P2/c1-5-9-12-15-17-18-19-21-24-28-41(46)57-36(31-51-38(43)25-8-4)33-55-59(47,48)53-29-35(42)30-54-60(49,50)56-34-37(32-52-39(44)26-22-14-11-7-3)58-40(45)27-23-20-16-13-10-6-2/h35-37,42H,5-34H2,1-4H3,(H,47,48)(H,49,50)/t35-,36+,37+/m0/s1. The number of hydrogen-bond acceptors (Lipinski definition) is 15. The highest BCUT2D eigenvalue weighted by atomic mass is 31.2. The molecule has 2 unspecified atom stereocenters. The number of carbonyl (C=O) groups is 4. The van der Waals surface area contributed by atoms with Crippen LogP contribution in [0.25, 0.3) is 0 Å². The largest absolute Gasteiger partial charge is 0.472 e. The molecule has 0 heterocycles. The molecular formula is C41H78O17P2. The van der Waals surface area contributed by atoms with Gasteiger partial charge >= 0.3 is 39.5 Å². The van der Waals surface area contributed by atoms with Crippen LogP contribution in [0.5, 0.6) is 0 Å². The third kappa shape index (κ3) is 36.7. The highest BCUT2D eigenvalue weighted by Gasteiger charge is 2.30. The van der Waals surface area contributed by atoms with E-state index in [0.717, 1.165) is 77.0 Å². The van der Waals surface area contributed by atoms with Gasteiger partial charge in [-0.25, -0.2) is 9.13 Å². The van der Waals surface area contributed by atoms with Crippen molar-refractivity contribution in [2.45, 2.75) is 200 Å².